The maximum Gasteiger partial charge on any atom is 0.167 e. The number of rotatable bonds is 3. The molecule has 0 saturated carbocycles. The van der Waals surface area contributed by atoms with Gasteiger partial charge < -0.3 is 9.80 Å². The van der Waals surface area contributed by atoms with Crippen molar-refractivity contribution in [3.05, 3.63) is 35.6 Å². The predicted octanol–water partition coefficient (Wildman–Crippen LogP) is 1.64. The van der Waals surface area contributed by atoms with Gasteiger partial charge in [0.1, 0.15) is 5.82 Å². The number of hydrogen-bond acceptors (Lipinski definition) is 3. The second-order valence-corrected chi connectivity index (χ2v) is 5.00. The summed E-state index contributed by atoms with van der Waals surface area (Å²) in [5, 5.41) is 0. The Bertz CT molecular complexity index is 436. The molecule has 0 radical (unpaired) electrons. The van der Waals surface area contributed by atoms with E-state index in [9.17, 15) is 9.18 Å². The number of benzene rings is 1. The van der Waals surface area contributed by atoms with Gasteiger partial charge in [0, 0.05) is 32.1 Å². The summed E-state index contributed by atoms with van der Waals surface area (Å²) < 4.78 is 13.5. The molecule has 98 valence electrons. The van der Waals surface area contributed by atoms with Gasteiger partial charge in [-0.15, -0.1) is 0 Å². The Kier molecular flexibility index (Phi) is 4.09. The molecule has 1 aromatic rings. The first-order chi connectivity index (χ1) is 8.58. The smallest absolute Gasteiger partial charge is 0.167 e. The molecule has 1 heterocycles. The minimum absolute atomic E-state index is 0.111. The number of ketones is 1. The van der Waals surface area contributed by atoms with Crippen LogP contribution < -0.4 is 0 Å². The van der Waals surface area contributed by atoms with Gasteiger partial charge in [-0.1, -0.05) is 12.1 Å². The van der Waals surface area contributed by atoms with Crippen molar-refractivity contribution >= 4 is 5.78 Å². The number of likely N-dealkylation sites (N-methyl/N-ethyl adjacent to an activating group) is 2. The van der Waals surface area contributed by atoms with E-state index in [1.54, 1.807) is 18.2 Å². The second kappa shape index (κ2) is 5.59. The van der Waals surface area contributed by atoms with E-state index in [1.807, 2.05) is 14.1 Å². The van der Waals surface area contributed by atoms with Crippen LogP contribution >= 0.6 is 0 Å². The van der Waals surface area contributed by atoms with E-state index >= 15 is 0 Å². The van der Waals surface area contributed by atoms with E-state index in [4.69, 9.17) is 0 Å². The maximum atomic E-state index is 13.5. The number of halogens is 1. The summed E-state index contributed by atoms with van der Waals surface area (Å²) in [5.41, 5.74) is 0.208. The summed E-state index contributed by atoms with van der Waals surface area (Å²) in [6.07, 6.45) is 0.377. The van der Waals surface area contributed by atoms with Gasteiger partial charge >= 0.3 is 0 Å². The number of carbonyl (C=O) groups is 1. The molecule has 1 unspecified atom stereocenters. The number of nitrogens with zero attached hydrogens (tertiary/aromatic N) is 2. The fraction of sp³-hybridized carbons (Fsp3) is 0.500. The molecular formula is C14H19FN2O. The molecule has 1 saturated heterocycles. The van der Waals surface area contributed by atoms with Crippen LogP contribution in [-0.4, -0.2) is 55.4 Å². The molecule has 1 aromatic carbocycles. The molecule has 1 atom stereocenters. The molecule has 1 aliphatic heterocycles. The molecule has 18 heavy (non-hydrogen) atoms. The number of piperazine rings is 1. The van der Waals surface area contributed by atoms with Crippen molar-refractivity contribution in [2.45, 2.75) is 12.5 Å². The van der Waals surface area contributed by atoms with E-state index in [1.165, 1.54) is 6.07 Å². The number of hydrogen-bond donors (Lipinski definition) is 0. The normalized spacial score (nSPS) is 22.1. The van der Waals surface area contributed by atoms with Gasteiger partial charge in [-0.05, 0) is 26.2 Å². The highest BCUT2D eigenvalue weighted by atomic mass is 19.1. The van der Waals surface area contributed by atoms with Crippen molar-refractivity contribution in [2.75, 3.05) is 33.7 Å². The van der Waals surface area contributed by atoms with Gasteiger partial charge in [-0.2, -0.15) is 0 Å². The number of carbonyl (C=O) groups excluding carboxylic acids is 1. The zero-order chi connectivity index (χ0) is 13.1. The molecular weight excluding hydrogens is 231 g/mol. The quantitative estimate of drug-likeness (QED) is 0.762. The second-order valence-electron chi connectivity index (χ2n) is 5.00. The van der Waals surface area contributed by atoms with Gasteiger partial charge in [0.2, 0.25) is 0 Å². The molecule has 0 amide bonds. The Morgan fingerprint density at radius 1 is 1.33 bits per heavy atom. The molecule has 0 N–H and O–H groups in total. The van der Waals surface area contributed by atoms with Crippen LogP contribution in [0.25, 0.3) is 0 Å². The van der Waals surface area contributed by atoms with Crippen LogP contribution in [0.15, 0.2) is 24.3 Å². The van der Waals surface area contributed by atoms with E-state index in [2.05, 4.69) is 9.80 Å². The maximum absolute atomic E-state index is 13.5. The third-order valence-corrected chi connectivity index (χ3v) is 3.58. The van der Waals surface area contributed by atoms with Gasteiger partial charge in [0.25, 0.3) is 0 Å². The summed E-state index contributed by atoms with van der Waals surface area (Å²) in [5.74, 6) is -0.533. The largest absolute Gasteiger partial charge is 0.304 e. The van der Waals surface area contributed by atoms with Crippen LogP contribution in [0, 0.1) is 5.82 Å². The highest BCUT2D eigenvalue weighted by Crippen LogP contribution is 2.15. The van der Waals surface area contributed by atoms with Crippen molar-refractivity contribution < 1.29 is 9.18 Å². The summed E-state index contributed by atoms with van der Waals surface area (Å²) in [6.45, 7) is 2.82. The Morgan fingerprint density at radius 3 is 2.78 bits per heavy atom. The Hall–Kier alpha value is -1.26. The summed E-state index contributed by atoms with van der Waals surface area (Å²) >= 11 is 0. The highest BCUT2D eigenvalue weighted by Gasteiger charge is 2.25. The van der Waals surface area contributed by atoms with E-state index in [-0.39, 0.29) is 17.4 Å². The van der Waals surface area contributed by atoms with Gasteiger partial charge in [0.15, 0.2) is 5.78 Å². The van der Waals surface area contributed by atoms with Crippen LogP contribution in [-0.2, 0) is 0 Å². The van der Waals surface area contributed by atoms with E-state index in [0.717, 1.165) is 19.6 Å². The lowest BCUT2D eigenvalue weighted by molar-refractivity contribution is 0.0807. The number of Topliss-reactive ketones (excluding diaryl/α,β-unsaturated/α-hetero) is 1. The van der Waals surface area contributed by atoms with Crippen LogP contribution in [0.4, 0.5) is 4.39 Å². The Balaban J connectivity index is 2.05. The average Bonchev–Trinajstić information content (AvgIpc) is 2.34. The summed E-state index contributed by atoms with van der Waals surface area (Å²) in [7, 11) is 4.07. The molecule has 4 heteroatoms. The predicted molar refractivity (Wildman–Crippen MR) is 69.3 cm³/mol. The first-order valence-electron chi connectivity index (χ1n) is 6.24. The van der Waals surface area contributed by atoms with Gasteiger partial charge in [-0.3, -0.25) is 4.79 Å². The van der Waals surface area contributed by atoms with Crippen molar-refractivity contribution in [3.63, 3.8) is 0 Å². The van der Waals surface area contributed by atoms with Crippen LogP contribution in [0.2, 0.25) is 0 Å². The zero-order valence-electron chi connectivity index (χ0n) is 10.9. The first kappa shape index (κ1) is 13.2. The van der Waals surface area contributed by atoms with E-state index < -0.39 is 5.82 Å². The van der Waals surface area contributed by atoms with Crippen LogP contribution in [0.5, 0.6) is 0 Å². The van der Waals surface area contributed by atoms with Crippen molar-refractivity contribution in [2.24, 2.45) is 0 Å². The van der Waals surface area contributed by atoms with Crippen molar-refractivity contribution in [1.29, 1.82) is 0 Å². The molecule has 0 aliphatic carbocycles. The Morgan fingerprint density at radius 2 is 2.06 bits per heavy atom. The van der Waals surface area contributed by atoms with Crippen molar-refractivity contribution in [1.82, 2.24) is 9.80 Å². The fourth-order valence-corrected chi connectivity index (χ4v) is 2.33. The fourth-order valence-electron chi connectivity index (χ4n) is 2.33. The van der Waals surface area contributed by atoms with Gasteiger partial charge in [-0.25, -0.2) is 4.39 Å². The SMILES string of the molecule is CN1CCN(C)C(CC(=O)c2ccccc2F)C1. The molecule has 0 aromatic heterocycles. The lowest BCUT2D eigenvalue weighted by atomic mass is 10.0. The minimum atomic E-state index is -0.422. The lowest BCUT2D eigenvalue weighted by Gasteiger charge is -2.37. The molecule has 0 spiro atoms. The topological polar surface area (TPSA) is 23.6 Å². The van der Waals surface area contributed by atoms with Crippen LogP contribution in [0.3, 0.4) is 0 Å². The highest BCUT2D eigenvalue weighted by molar-refractivity contribution is 5.96. The molecule has 1 aliphatic rings. The molecule has 1 fully saturated rings. The third kappa shape index (κ3) is 2.94. The first-order valence-corrected chi connectivity index (χ1v) is 6.24. The average molecular weight is 250 g/mol. The Labute approximate surface area is 107 Å². The zero-order valence-corrected chi connectivity index (χ0v) is 10.9. The third-order valence-electron chi connectivity index (χ3n) is 3.58. The van der Waals surface area contributed by atoms with Crippen molar-refractivity contribution in [3.8, 4) is 0 Å². The van der Waals surface area contributed by atoms with Gasteiger partial charge in [0.05, 0.1) is 5.56 Å². The monoisotopic (exact) mass is 250 g/mol. The molecule has 2 rings (SSSR count). The minimum Gasteiger partial charge on any atom is -0.304 e. The molecule has 3 nitrogen and oxygen atoms in total. The summed E-state index contributed by atoms with van der Waals surface area (Å²) in [4.78, 5) is 16.5. The molecule has 0 bridgehead atoms. The van der Waals surface area contributed by atoms with E-state index in [0.29, 0.717) is 6.42 Å². The lowest BCUT2D eigenvalue weighted by Crippen LogP contribution is -2.50. The standard InChI is InChI=1S/C14H19FN2O/c1-16-7-8-17(2)11(10-16)9-14(18)12-5-3-4-6-13(12)15/h3-6,11H,7-10H2,1-2H3. The summed E-state index contributed by atoms with van der Waals surface area (Å²) in [6, 6.07) is 6.38. The van der Waals surface area contributed by atoms with Crippen LogP contribution in [0.1, 0.15) is 16.8 Å².